The molecule has 1 aliphatic rings. The molecular weight excluding hydrogens is 178 g/mol. The summed E-state index contributed by atoms with van der Waals surface area (Å²) in [6.45, 7) is 2.21. The van der Waals surface area contributed by atoms with Crippen molar-refractivity contribution < 1.29 is 4.74 Å². The van der Waals surface area contributed by atoms with Crippen molar-refractivity contribution in [3.05, 3.63) is 0 Å². The number of hydrogen-bond donors (Lipinski definition) is 0. The Kier molecular flexibility index (Phi) is 3.75. The molecule has 0 saturated carbocycles. The van der Waals surface area contributed by atoms with Crippen molar-refractivity contribution in [3.8, 4) is 0 Å². The van der Waals surface area contributed by atoms with Gasteiger partial charge in [0.15, 0.2) is 6.23 Å². The average Bonchev–Trinajstić information content (AvgIpc) is 2.03. The van der Waals surface area contributed by atoms with Gasteiger partial charge in [-0.2, -0.15) is 0 Å². The number of methoxy groups -OCH3 is 1. The summed E-state index contributed by atoms with van der Waals surface area (Å²) in [5.74, 6) is 0. The highest BCUT2D eigenvalue weighted by atomic mass is 32.2. The molecule has 11 heavy (non-hydrogen) atoms. The first-order valence-electron chi connectivity index (χ1n) is 3.57. The van der Waals surface area contributed by atoms with Crippen molar-refractivity contribution in [2.24, 2.45) is 4.99 Å². The zero-order valence-electron chi connectivity index (χ0n) is 7.03. The number of rotatable bonds is 1. The second-order valence-electron chi connectivity index (χ2n) is 2.45. The molecule has 0 aliphatic carbocycles. The van der Waals surface area contributed by atoms with E-state index < -0.39 is 0 Å². The van der Waals surface area contributed by atoms with Gasteiger partial charge in [0, 0.05) is 18.8 Å². The van der Waals surface area contributed by atoms with Crippen LogP contribution < -0.4 is 0 Å². The molecule has 1 rings (SSSR count). The third kappa shape index (κ3) is 2.69. The van der Waals surface area contributed by atoms with Crippen molar-refractivity contribution >= 4 is 27.9 Å². The molecule has 0 radical (unpaired) electrons. The fourth-order valence-corrected chi connectivity index (χ4v) is 2.84. The smallest absolute Gasteiger partial charge is 0.150 e. The lowest BCUT2D eigenvalue weighted by molar-refractivity contribution is 0.103. The molecule has 64 valence electrons. The molecule has 2 nitrogen and oxygen atoms in total. The molecule has 0 bridgehead atoms. The molecule has 0 fully saturated rings. The van der Waals surface area contributed by atoms with E-state index in [1.807, 2.05) is 11.8 Å². The molecule has 2 atom stereocenters. The average molecular weight is 191 g/mol. The van der Waals surface area contributed by atoms with Gasteiger partial charge in [-0.3, -0.25) is 0 Å². The monoisotopic (exact) mass is 191 g/mol. The van der Waals surface area contributed by atoms with Crippen LogP contribution >= 0.6 is 23.5 Å². The van der Waals surface area contributed by atoms with E-state index in [0.717, 1.165) is 10.8 Å². The number of hydrogen-bond acceptors (Lipinski definition) is 4. The van der Waals surface area contributed by atoms with Gasteiger partial charge in [0.1, 0.15) is 4.38 Å². The van der Waals surface area contributed by atoms with Crippen LogP contribution in [0.3, 0.4) is 0 Å². The number of nitrogens with zero attached hydrogens (tertiary/aromatic N) is 1. The molecule has 0 aromatic carbocycles. The summed E-state index contributed by atoms with van der Waals surface area (Å²) in [6.07, 6.45) is 3.18. The second kappa shape index (κ2) is 4.38. The largest absolute Gasteiger partial charge is 0.360 e. The molecule has 0 saturated heterocycles. The Labute approximate surface area is 76.2 Å². The summed E-state index contributed by atoms with van der Waals surface area (Å²) in [5.41, 5.74) is 0. The maximum absolute atomic E-state index is 5.18. The Bertz CT molecular complexity index is 161. The highest BCUT2D eigenvalue weighted by Gasteiger charge is 2.20. The van der Waals surface area contributed by atoms with E-state index in [4.69, 9.17) is 4.74 Å². The molecule has 1 heterocycles. The minimum absolute atomic E-state index is 0.0914. The van der Waals surface area contributed by atoms with Crippen molar-refractivity contribution in [1.82, 2.24) is 0 Å². The minimum atomic E-state index is 0.0914. The van der Waals surface area contributed by atoms with Crippen LogP contribution in [0.4, 0.5) is 0 Å². The molecule has 0 unspecified atom stereocenters. The molecule has 4 heteroatoms. The van der Waals surface area contributed by atoms with Crippen LogP contribution in [0.25, 0.3) is 0 Å². The molecular formula is C7H13NOS2. The third-order valence-corrected chi connectivity index (χ3v) is 3.68. The molecule has 0 spiro atoms. The van der Waals surface area contributed by atoms with E-state index in [2.05, 4.69) is 18.2 Å². The van der Waals surface area contributed by atoms with Gasteiger partial charge in [-0.05, 0) is 6.26 Å². The molecule has 0 amide bonds. The molecule has 0 aromatic heterocycles. The highest BCUT2D eigenvalue weighted by Crippen LogP contribution is 2.29. The first kappa shape index (κ1) is 9.42. The topological polar surface area (TPSA) is 21.6 Å². The van der Waals surface area contributed by atoms with Crippen LogP contribution in [0, 0.1) is 0 Å². The zero-order chi connectivity index (χ0) is 8.27. The van der Waals surface area contributed by atoms with Crippen LogP contribution in [0.1, 0.15) is 13.3 Å². The summed E-state index contributed by atoms with van der Waals surface area (Å²) < 4.78 is 6.33. The van der Waals surface area contributed by atoms with Crippen LogP contribution in [0.5, 0.6) is 0 Å². The first-order valence-corrected chi connectivity index (χ1v) is 5.68. The maximum Gasteiger partial charge on any atom is 0.150 e. The minimum Gasteiger partial charge on any atom is -0.360 e. The van der Waals surface area contributed by atoms with Gasteiger partial charge >= 0.3 is 0 Å². The number of thioether (sulfide) groups is 2. The molecule has 1 aliphatic heterocycles. The first-order chi connectivity index (χ1) is 5.26. The summed E-state index contributed by atoms with van der Waals surface area (Å²) >= 11 is 3.54. The van der Waals surface area contributed by atoms with Gasteiger partial charge in [-0.25, -0.2) is 4.99 Å². The van der Waals surface area contributed by atoms with Gasteiger partial charge in [0.2, 0.25) is 0 Å². The van der Waals surface area contributed by atoms with Crippen molar-refractivity contribution in [3.63, 3.8) is 0 Å². The fourth-order valence-electron chi connectivity index (χ4n) is 0.955. The van der Waals surface area contributed by atoms with Crippen LogP contribution in [0.2, 0.25) is 0 Å². The lowest BCUT2D eigenvalue weighted by Crippen LogP contribution is -2.20. The van der Waals surface area contributed by atoms with Gasteiger partial charge in [0.25, 0.3) is 0 Å². The van der Waals surface area contributed by atoms with E-state index in [0.29, 0.717) is 5.25 Å². The van der Waals surface area contributed by atoms with Gasteiger partial charge in [0.05, 0.1) is 0 Å². The maximum atomic E-state index is 5.18. The summed E-state index contributed by atoms with van der Waals surface area (Å²) in [4.78, 5) is 4.39. The summed E-state index contributed by atoms with van der Waals surface area (Å²) in [7, 11) is 1.72. The van der Waals surface area contributed by atoms with E-state index in [1.165, 1.54) is 0 Å². The zero-order valence-corrected chi connectivity index (χ0v) is 8.67. The standard InChI is InChI=1S/C7H13NOS2/c1-5-4-6(9-2)8-7(10-3)11-5/h5-6H,4H2,1-3H3/t5-,6-/m0/s1. The molecule has 0 N–H and O–H groups in total. The van der Waals surface area contributed by atoms with Crippen molar-refractivity contribution in [2.45, 2.75) is 24.8 Å². The van der Waals surface area contributed by atoms with E-state index in [-0.39, 0.29) is 6.23 Å². The quantitative estimate of drug-likeness (QED) is 0.634. The van der Waals surface area contributed by atoms with Crippen LogP contribution in [0.15, 0.2) is 4.99 Å². The fraction of sp³-hybridized carbons (Fsp3) is 0.857. The number of aliphatic imine (C=N–C) groups is 1. The van der Waals surface area contributed by atoms with Gasteiger partial charge < -0.3 is 4.74 Å². The lowest BCUT2D eigenvalue weighted by atomic mass is 10.3. The van der Waals surface area contributed by atoms with Crippen LogP contribution in [-0.2, 0) is 4.74 Å². The Morgan fingerprint density at radius 3 is 3.00 bits per heavy atom. The Balaban J connectivity index is 2.57. The Hall–Kier alpha value is 0.330. The van der Waals surface area contributed by atoms with E-state index in [9.17, 15) is 0 Å². The van der Waals surface area contributed by atoms with E-state index in [1.54, 1.807) is 18.9 Å². The van der Waals surface area contributed by atoms with Gasteiger partial charge in [-0.15, -0.1) is 11.8 Å². The Morgan fingerprint density at radius 1 is 1.73 bits per heavy atom. The second-order valence-corrected chi connectivity index (χ2v) is 4.93. The van der Waals surface area contributed by atoms with Crippen LogP contribution in [-0.4, -0.2) is 29.2 Å². The summed E-state index contributed by atoms with van der Waals surface area (Å²) in [6, 6.07) is 0. The Morgan fingerprint density at radius 2 is 2.45 bits per heavy atom. The normalized spacial score (nSPS) is 31.7. The summed E-state index contributed by atoms with van der Waals surface area (Å²) in [5, 5.41) is 0.639. The lowest BCUT2D eigenvalue weighted by Gasteiger charge is -2.22. The highest BCUT2D eigenvalue weighted by molar-refractivity contribution is 8.38. The van der Waals surface area contributed by atoms with Gasteiger partial charge in [-0.1, -0.05) is 18.7 Å². The van der Waals surface area contributed by atoms with Crippen molar-refractivity contribution in [1.29, 1.82) is 0 Å². The predicted molar refractivity (Wildman–Crippen MR) is 53.4 cm³/mol. The van der Waals surface area contributed by atoms with E-state index >= 15 is 0 Å². The van der Waals surface area contributed by atoms with Crippen molar-refractivity contribution in [2.75, 3.05) is 13.4 Å². The third-order valence-electron chi connectivity index (χ3n) is 1.53. The number of ether oxygens (including phenoxy) is 1. The SMILES string of the molecule is CO[C@H]1C[C@H](C)SC(SC)=N1. The molecule has 0 aromatic rings. The predicted octanol–water partition coefficient (Wildman–Crippen LogP) is 2.20.